The van der Waals surface area contributed by atoms with Crippen LogP contribution in [0.5, 0.6) is 0 Å². The number of halogens is 3. The lowest BCUT2D eigenvalue weighted by Gasteiger charge is -2.16. The van der Waals surface area contributed by atoms with E-state index in [1.54, 1.807) is 0 Å². The van der Waals surface area contributed by atoms with Gasteiger partial charge in [-0.25, -0.2) is 9.59 Å². The molecule has 0 radical (unpaired) electrons. The van der Waals surface area contributed by atoms with E-state index in [0.717, 1.165) is 26.2 Å². The zero-order valence-electron chi connectivity index (χ0n) is 17.2. The Labute approximate surface area is 170 Å². The van der Waals surface area contributed by atoms with Crippen LogP contribution in [-0.4, -0.2) is 30.8 Å². The molecule has 0 aliphatic heterocycles. The molecule has 7 heteroatoms. The average molecular weight is 416 g/mol. The fraction of sp³-hybridized carbons (Fsp3) is 0.636. The number of unbranched alkanes of at least 4 members (excludes halogenated alkanes) is 8. The first kappa shape index (κ1) is 25.0. The Kier molecular flexibility index (Phi) is 11.4. The monoisotopic (exact) mass is 416 g/mol. The fourth-order valence-corrected chi connectivity index (χ4v) is 2.70. The summed E-state index contributed by atoms with van der Waals surface area (Å²) in [5.74, 6) is -1.61. The average Bonchev–Trinajstić information content (AvgIpc) is 2.68. The first-order valence-electron chi connectivity index (χ1n) is 10.3. The zero-order chi connectivity index (χ0) is 21.7. The zero-order valence-corrected chi connectivity index (χ0v) is 17.2. The van der Waals surface area contributed by atoms with Gasteiger partial charge in [0.1, 0.15) is 0 Å². The molecule has 0 spiro atoms. The second kappa shape index (κ2) is 13.2. The van der Waals surface area contributed by atoms with E-state index in [9.17, 15) is 22.8 Å². The van der Waals surface area contributed by atoms with Crippen LogP contribution >= 0.6 is 0 Å². The molecule has 164 valence electrons. The Bertz CT molecular complexity index is 611. The molecule has 1 rings (SSSR count). The first-order valence-corrected chi connectivity index (χ1v) is 10.3. The molecule has 0 fully saturated rings. The lowest BCUT2D eigenvalue weighted by Crippen LogP contribution is -2.30. The van der Waals surface area contributed by atoms with Gasteiger partial charge in [0.15, 0.2) is 6.10 Å². The standard InChI is InChI=1S/C22H31F3O4/c1-3-4-5-6-7-8-9-10-11-16-28-20(26)18-12-14-19(15-13-18)21(27)29-17(2)22(23,24)25/h12-15,17H,3-11,16H2,1-2H3. The van der Waals surface area contributed by atoms with Crippen LogP contribution in [0, 0.1) is 0 Å². The van der Waals surface area contributed by atoms with Crippen LogP contribution in [0.4, 0.5) is 13.2 Å². The lowest BCUT2D eigenvalue weighted by molar-refractivity contribution is -0.198. The van der Waals surface area contributed by atoms with E-state index in [4.69, 9.17) is 4.74 Å². The minimum absolute atomic E-state index is 0.0587. The molecule has 0 saturated heterocycles. The van der Waals surface area contributed by atoms with Crippen LogP contribution in [0.25, 0.3) is 0 Å². The minimum Gasteiger partial charge on any atom is -0.462 e. The summed E-state index contributed by atoms with van der Waals surface area (Å²) in [7, 11) is 0. The summed E-state index contributed by atoms with van der Waals surface area (Å²) < 4.78 is 46.9. The van der Waals surface area contributed by atoms with Crippen LogP contribution in [-0.2, 0) is 9.47 Å². The van der Waals surface area contributed by atoms with Crippen LogP contribution in [0.2, 0.25) is 0 Å². The topological polar surface area (TPSA) is 52.6 Å². The molecular formula is C22H31F3O4. The Hall–Kier alpha value is -2.05. The number of hydrogen-bond acceptors (Lipinski definition) is 4. The van der Waals surface area contributed by atoms with E-state index >= 15 is 0 Å². The van der Waals surface area contributed by atoms with Crippen molar-refractivity contribution >= 4 is 11.9 Å². The normalized spacial score (nSPS) is 12.4. The molecule has 0 amide bonds. The number of rotatable bonds is 13. The van der Waals surface area contributed by atoms with Crippen LogP contribution in [0.1, 0.15) is 92.4 Å². The quantitative estimate of drug-likeness (QED) is 0.273. The second-order valence-corrected chi connectivity index (χ2v) is 7.13. The fourth-order valence-electron chi connectivity index (χ4n) is 2.70. The molecule has 0 aliphatic carbocycles. The van der Waals surface area contributed by atoms with E-state index in [0.29, 0.717) is 6.61 Å². The summed E-state index contributed by atoms with van der Waals surface area (Å²) >= 11 is 0. The maximum atomic E-state index is 12.4. The maximum Gasteiger partial charge on any atom is 0.425 e. The van der Waals surface area contributed by atoms with E-state index in [2.05, 4.69) is 11.7 Å². The Morgan fingerprint density at radius 2 is 1.28 bits per heavy atom. The minimum atomic E-state index is -4.62. The molecule has 1 aromatic carbocycles. The molecule has 0 saturated carbocycles. The van der Waals surface area contributed by atoms with Crippen LogP contribution < -0.4 is 0 Å². The number of esters is 2. The summed E-state index contributed by atoms with van der Waals surface area (Å²) in [5, 5.41) is 0. The van der Waals surface area contributed by atoms with Gasteiger partial charge in [-0.15, -0.1) is 0 Å². The van der Waals surface area contributed by atoms with Gasteiger partial charge >= 0.3 is 18.1 Å². The van der Waals surface area contributed by atoms with Gasteiger partial charge < -0.3 is 9.47 Å². The Balaban J connectivity index is 2.26. The highest BCUT2D eigenvalue weighted by Gasteiger charge is 2.39. The van der Waals surface area contributed by atoms with Gasteiger partial charge in [-0.05, 0) is 37.6 Å². The third-order valence-corrected chi connectivity index (χ3v) is 4.58. The Morgan fingerprint density at radius 1 is 0.828 bits per heavy atom. The molecule has 29 heavy (non-hydrogen) atoms. The molecule has 1 unspecified atom stereocenters. The predicted octanol–water partition coefficient (Wildman–Crippen LogP) is 6.48. The third-order valence-electron chi connectivity index (χ3n) is 4.58. The molecule has 0 heterocycles. The van der Waals surface area contributed by atoms with Crippen molar-refractivity contribution in [3.05, 3.63) is 35.4 Å². The van der Waals surface area contributed by atoms with E-state index in [1.807, 2.05) is 0 Å². The highest BCUT2D eigenvalue weighted by atomic mass is 19.4. The molecule has 1 aromatic rings. The highest BCUT2D eigenvalue weighted by molar-refractivity contribution is 5.93. The molecule has 4 nitrogen and oxygen atoms in total. The number of benzene rings is 1. The second-order valence-electron chi connectivity index (χ2n) is 7.13. The number of carbonyl (C=O) groups is 2. The molecule has 0 N–H and O–H groups in total. The van der Waals surface area contributed by atoms with Gasteiger partial charge in [-0.1, -0.05) is 58.3 Å². The van der Waals surface area contributed by atoms with E-state index in [-0.39, 0.29) is 11.1 Å². The van der Waals surface area contributed by atoms with Gasteiger partial charge in [0, 0.05) is 0 Å². The summed E-state index contributed by atoms with van der Waals surface area (Å²) in [5.41, 5.74) is 0.179. The van der Waals surface area contributed by atoms with Crippen molar-refractivity contribution in [1.82, 2.24) is 0 Å². The van der Waals surface area contributed by atoms with Gasteiger partial charge in [0.05, 0.1) is 17.7 Å². The van der Waals surface area contributed by atoms with Gasteiger partial charge in [-0.3, -0.25) is 0 Å². The predicted molar refractivity (Wildman–Crippen MR) is 105 cm³/mol. The largest absolute Gasteiger partial charge is 0.462 e. The van der Waals surface area contributed by atoms with Gasteiger partial charge in [0.2, 0.25) is 0 Å². The SMILES string of the molecule is CCCCCCCCCCCOC(=O)c1ccc(C(=O)OC(C)C(F)(F)F)cc1. The molecule has 0 aromatic heterocycles. The molecule has 1 atom stereocenters. The first-order chi connectivity index (χ1) is 13.8. The van der Waals surface area contributed by atoms with Crippen LogP contribution in [0.3, 0.4) is 0 Å². The highest BCUT2D eigenvalue weighted by Crippen LogP contribution is 2.23. The van der Waals surface area contributed by atoms with Crippen molar-refractivity contribution in [2.75, 3.05) is 6.61 Å². The Morgan fingerprint density at radius 3 is 1.76 bits per heavy atom. The third kappa shape index (κ3) is 10.3. The van der Waals surface area contributed by atoms with Crippen molar-refractivity contribution < 1.29 is 32.2 Å². The number of hydrogen-bond donors (Lipinski definition) is 0. The summed E-state index contributed by atoms with van der Waals surface area (Å²) in [6, 6.07) is 5.18. The molecule has 0 aliphatic rings. The summed E-state index contributed by atoms with van der Waals surface area (Å²) in [4.78, 5) is 23.7. The molecular weight excluding hydrogens is 385 g/mol. The van der Waals surface area contributed by atoms with Crippen molar-refractivity contribution in [3.63, 3.8) is 0 Å². The van der Waals surface area contributed by atoms with E-state index in [1.165, 1.54) is 62.8 Å². The number of carbonyl (C=O) groups excluding carboxylic acids is 2. The lowest BCUT2D eigenvalue weighted by atomic mass is 10.1. The van der Waals surface area contributed by atoms with Gasteiger partial charge in [0.25, 0.3) is 0 Å². The van der Waals surface area contributed by atoms with Crippen molar-refractivity contribution in [3.8, 4) is 0 Å². The smallest absolute Gasteiger partial charge is 0.425 e. The van der Waals surface area contributed by atoms with Gasteiger partial charge in [-0.2, -0.15) is 13.2 Å². The number of ether oxygens (including phenoxy) is 2. The van der Waals surface area contributed by atoms with Crippen molar-refractivity contribution in [2.45, 2.75) is 83.9 Å². The van der Waals surface area contributed by atoms with Crippen molar-refractivity contribution in [1.29, 1.82) is 0 Å². The molecule has 0 bridgehead atoms. The summed E-state index contributed by atoms with van der Waals surface area (Å²) in [6.45, 7) is 3.28. The number of alkyl halides is 3. The van der Waals surface area contributed by atoms with E-state index < -0.39 is 24.2 Å². The summed E-state index contributed by atoms with van der Waals surface area (Å²) in [6.07, 6.45) is 3.66. The van der Waals surface area contributed by atoms with Crippen LogP contribution in [0.15, 0.2) is 24.3 Å². The maximum absolute atomic E-state index is 12.4. The van der Waals surface area contributed by atoms with Crippen molar-refractivity contribution in [2.24, 2.45) is 0 Å².